The van der Waals surface area contributed by atoms with Gasteiger partial charge >= 0.3 is 0 Å². The lowest BCUT2D eigenvalue weighted by Crippen LogP contribution is -2.45. The lowest BCUT2D eigenvalue weighted by Gasteiger charge is -2.36. The van der Waals surface area contributed by atoms with E-state index in [2.05, 4.69) is 78.1 Å². The van der Waals surface area contributed by atoms with Crippen LogP contribution in [0.25, 0.3) is 33.2 Å². The van der Waals surface area contributed by atoms with E-state index in [1.807, 2.05) is 31.3 Å². The van der Waals surface area contributed by atoms with Crippen molar-refractivity contribution in [1.82, 2.24) is 14.9 Å². The van der Waals surface area contributed by atoms with Crippen LogP contribution in [-0.2, 0) is 0 Å². The van der Waals surface area contributed by atoms with Crippen LogP contribution in [0.5, 0.6) is 0 Å². The molecule has 0 spiro atoms. The van der Waals surface area contributed by atoms with Crippen molar-refractivity contribution in [2.75, 3.05) is 62.9 Å². The summed E-state index contributed by atoms with van der Waals surface area (Å²) in [5.41, 5.74) is 14.2. The fourth-order valence-corrected chi connectivity index (χ4v) is 5.15. The normalized spacial score (nSPS) is 14.5. The summed E-state index contributed by atoms with van der Waals surface area (Å²) in [6.45, 7) is 8.74. The number of nitrogen functional groups attached to an aromatic ring is 1. The van der Waals surface area contributed by atoms with E-state index in [4.69, 9.17) is 10.7 Å². The van der Waals surface area contributed by atoms with Gasteiger partial charge in [0.25, 0.3) is 0 Å². The molecule has 6 nitrogen and oxygen atoms in total. The molecule has 4 aromatic rings. The number of fused-ring (bicyclic) bond motifs is 1. The summed E-state index contributed by atoms with van der Waals surface area (Å²) in [5, 5.41) is 2.25. The van der Waals surface area contributed by atoms with Crippen molar-refractivity contribution < 1.29 is 0 Å². The fraction of sp³-hybridized carbons (Fsp3) is 0.310. The molecule has 0 atom stereocenters. The summed E-state index contributed by atoms with van der Waals surface area (Å²) in [6.07, 6.45) is 1.87. The Labute approximate surface area is 208 Å². The number of nitrogens with two attached hydrogens (primary N) is 1. The lowest BCUT2D eigenvalue weighted by atomic mass is 9.97. The van der Waals surface area contributed by atoms with Crippen molar-refractivity contribution in [2.24, 2.45) is 0 Å². The number of hydrogen-bond donors (Lipinski definition) is 1. The van der Waals surface area contributed by atoms with E-state index in [1.54, 1.807) is 0 Å². The molecular weight excluding hydrogens is 432 g/mol. The van der Waals surface area contributed by atoms with E-state index < -0.39 is 0 Å². The highest BCUT2D eigenvalue weighted by molar-refractivity contribution is 5.96. The molecule has 0 bridgehead atoms. The molecule has 2 N–H and O–H groups in total. The van der Waals surface area contributed by atoms with E-state index in [0.717, 1.165) is 65.2 Å². The van der Waals surface area contributed by atoms with Gasteiger partial charge < -0.3 is 20.4 Å². The number of rotatable bonds is 4. The Kier molecular flexibility index (Phi) is 6.07. The molecule has 35 heavy (non-hydrogen) atoms. The van der Waals surface area contributed by atoms with Gasteiger partial charge in [0.2, 0.25) is 0 Å². The van der Waals surface area contributed by atoms with Crippen molar-refractivity contribution >= 4 is 28.1 Å². The Morgan fingerprint density at radius 1 is 0.886 bits per heavy atom. The molecule has 0 radical (unpaired) electrons. The molecule has 0 saturated carbocycles. The minimum Gasteiger partial charge on any atom is -0.383 e. The van der Waals surface area contributed by atoms with E-state index in [9.17, 15) is 0 Å². The van der Waals surface area contributed by atoms with Gasteiger partial charge in [-0.1, -0.05) is 24.3 Å². The summed E-state index contributed by atoms with van der Waals surface area (Å²) in [6, 6.07) is 17.1. The maximum atomic E-state index is 6.39. The first kappa shape index (κ1) is 23.1. The minimum absolute atomic E-state index is 0.490. The van der Waals surface area contributed by atoms with Crippen LogP contribution in [0.15, 0.2) is 54.7 Å². The van der Waals surface area contributed by atoms with Crippen LogP contribution in [-0.4, -0.2) is 62.2 Å². The highest BCUT2D eigenvalue weighted by Gasteiger charge is 2.19. The number of likely N-dealkylation sites (N-methyl/N-ethyl adjacent to an activating group) is 1. The Hall–Kier alpha value is -3.64. The lowest BCUT2D eigenvalue weighted by molar-refractivity contribution is 0.312. The molecule has 0 unspecified atom stereocenters. The molecule has 0 amide bonds. The van der Waals surface area contributed by atoms with Crippen molar-refractivity contribution in [2.45, 2.75) is 13.8 Å². The quantitative estimate of drug-likeness (QED) is 0.458. The molecule has 1 saturated heterocycles. The average Bonchev–Trinajstić information content (AvgIpc) is 2.84. The van der Waals surface area contributed by atoms with Gasteiger partial charge in [-0.15, -0.1) is 0 Å². The molecule has 1 aliphatic heterocycles. The van der Waals surface area contributed by atoms with E-state index in [1.165, 1.54) is 16.8 Å². The maximum Gasteiger partial charge on any atom is 0.136 e. The van der Waals surface area contributed by atoms with Gasteiger partial charge in [0.15, 0.2) is 0 Å². The van der Waals surface area contributed by atoms with Crippen LogP contribution in [0.1, 0.15) is 11.1 Å². The van der Waals surface area contributed by atoms with Crippen LogP contribution in [0.4, 0.5) is 17.3 Å². The SMILES string of the molecule is Cc1cc(-c2cnc(N)c(-c3cc4ccccc4c(N(C)C)n3)c2)cc(C)c1N1CCN(C)CC1. The summed E-state index contributed by atoms with van der Waals surface area (Å²) in [4.78, 5) is 16.5. The number of anilines is 3. The first-order chi connectivity index (χ1) is 16.8. The van der Waals surface area contributed by atoms with Crippen LogP contribution < -0.4 is 15.5 Å². The molecule has 5 rings (SSSR count). The third-order valence-electron chi connectivity index (χ3n) is 6.98. The first-order valence-electron chi connectivity index (χ1n) is 12.2. The molecule has 1 aliphatic rings. The van der Waals surface area contributed by atoms with Gasteiger partial charge in [-0.3, -0.25) is 0 Å². The molecule has 6 heteroatoms. The zero-order valence-corrected chi connectivity index (χ0v) is 21.3. The number of hydrogen-bond acceptors (Lipinski definition) is 6. The van der Waals surface area contributed by atoms with Crippen LogP contribution in [0, 0.1) is 13.8 Å². The second-order valence-corrected chi connectivity index (χ2v) is 9.85. The number of aromatic nitrogens is 2. The zero-order chi connectivity index (χ0) is 24.7. The Morgan fingerprint density at radius 2 is 1.57 bits per heavy atom. The zero-order valence-electron chi connectivity index (χ0n) is 21.3. The van der Waals surface area contributed by atoms with Crippen molar-refractivity contribution in [3.05, 3.63) is 65.9 Å². The van der Waals surface area contributed by atoms with E-state index in [-0.39, 0.29) is 0 Å². The first-order valence-corrected chi connectivity index (χ1v) is 12.2. The third kappa shape index (κ3) is 4.42. The highest BCUT2D eigenvalue weighted by Crippen LogP contribution is 2.36. The smallest absolute Gasteiger partial charge is 0.136 e. The topological polar surface area (TPSA) is 61.5 Å². The maximum absolute atomic E-state index is 6.39. The molecule has 180 valence electrons. The summed E-state index contributed by atoms with van der Waals surface area (Å²) in [7, 11) is 6.23. The van der Waals surface area contributed by atoms with Gasteiger partial charge in [-0.2, -0.15) is 0 Å². The molecule has 2 aromatic heterocycles. The van der Waals surface area contributed by atoms with Crippen molar-refractivity contribution in [3.63, 3.8) is 0 Å². The molecule has 2 aromatic carbocycles. The third-order valence-corrected chi connectivity index (χ3v) is 6.98. The van der Waals surface area contributed by atoms with Gasteiger partial charge in [0.05, 0.1) is 5.69 Å². The highest BCUT2D eigenvalue weighted by atomic mass is 15.2. The molecular formula is C29H34N6. The fourth-order valence-electron chi connectivity index (χ4n) is 5.15. The van der Waals surface area contributed by atoms with E-state index in [0.29, 0.717) is 5.82 Å². The monoisotopic (exact) mass is 466 g/mol. The average molecular weight is 467 g/mol. The van der Waals surface area contributed by atoms with Crippen molar-refractivity contribution in [1.29, 1.82) is 0 Å². The van der Waals surface area contributed by atoms with E-state index >= 15 is 0 Å². The number of piperazine rings is 1. The second kappa shape index (κ2) is 9.19. The van der Waals surface area contributed by atoms with Crippen LogP contribution >= 0.6 is 0 Å². The van der Waals surface area contributed by atoms with Crippen molar-refractivity contribution in [3.8, 4) is 22.4 Å². The Balaban J connectivity index is 1.57. The standard InChI is InChI=1S/C29H34N6/c1-19-14-22(15-20(2)27(19)35-12-10-34(5)11-13-35)23-16-25(28(30)31-18-23)26-17-21-8-6-7-9-24(21)29(32-26)33(3)4/h6-9,14-18H,10-13H2,1-5H3,(H2,30,31). The summed E-state index contributed by atoms with van der Waals surface area (Å²) >= 11 is 0. The molecule has 0 aliphatic carbocycles. The predicted octanol–water partition coefficient (Wildman–Crippen LogP) is 4.98. The predicted molar refractivity (Wildman–Crippen MR) is 148 cm³/mol. The number of pyridine rings is 2. The summed E-state index contributed by atoms with van der Waals surface area (Å²) < 4.78 is 0. The Morgan fingerprint density at radius 3 is 2.26 bits per heavy atom. The largest absolute Gasteiger partial charge is 0.383 e. The number of aryl methyl sites for hydroxylation is 2. The number of nitrogens with zero attached hydrogens (tertiary/aromatic N) is 5. The van der Waals surface area contributed by atoms with Gasteiger partial charge in [0.1, 0.15) is 11.6 Å². The van der Waals surface area contributed by atoms with Crippen LogP contribution in [0.3, 0.4) is 0 Å². The summed E-state index contributed by atoms with van der Waals surface area (Å²) in [5.74, 6) is 1.41. The minimum atomic E-state index is 0.490. The second-order valence-electron chi connectivity index (χ2n) is 9.85. The van der Waals surface area contributed by atoms with Gasteiger partial charge in [-0.05, 0) is 67.2 Å². The molecule has 3 heterocycles. The number of benzene rings is 2. The molecule has 1 fully saturated rings. The van der Waals surface area contributed by atoms with Crippen LogP contribution in [0.2, 0.25) is 0 Å². The van der Waals surface area contributed by atoms with Gasteiger partial charge in [0, 0.05) is 68.7 Å². The van der Waals surface area contributed by atoms with Gasteiger partial charge in [-0.25, -0.2) is 9.97 Å². The Bertz CT molecular complexity index is 1360.